The lowest BCUT2D eigenvalue weighted by atomic mass is 10.2. The molecule has 1 aromatic carbocycles. The third-order valence-corrected chi connectivity index (χ3v) is 3.79. The van der Waals surface area contributed by atoms with E-state index in [1.807, 2.05) is 20.9 Å². The molecular formula is C16H20FN3O. The van der Waals surface area contributed by atoms with Crippen LogP contribution in [0.2, 0.25) is 0 Å². The molecule has 0 saturated heterocycles. The van der Waals surface area contributed by atoms with Crippen molar-refractivity contribution in [1.29, 1.82) is 0 Å². The molecule has 1 saturated carbocycles. The highest BCUT2D eigenvalue weighted by Gasteiger charge is 2.23. The Labute approximate surface area is 123 Å². The van der Waals surface area contributed by atoms with Gasteiger partial charge < -0.3 is 10.1 Å². The lowest BCUT2D eigenvalue weighted by Gasteiger charge is -2.11. The standard InChI is InChI=1S/C16H20FN3O/c1-10-4-5-12(17)8-15(10)21-16-14(9-18-13-6-7-13)11(2)19-20(16)3/h4-5,8,13,18H,6-7,9H2,1-3H3. The SMILES string of the molecule is Cc1ccc(F)cc1Oc1c(CNC2CC2)c(C)nn1C. The fourth-order valence-corrected chi connectivity index (χ4v) is 2.33. The van der Waals surface area contributed by atoms with Gasteiger partial charge in [-0.15, -0.1) is 0 Å². The van der Waals surface area contributed by atoms with Crippen LogP contribution in [0.3, 0.4) is 0 Å². The van der Waals surface area contributed by atoms with Crippen LogP contribution in [-0.2, 0) is 13.6 Å². The molecule has 1 aromatic heterocycles. The predicted octanol–water partition coefficient (Wildman–Crippen LogP) is 3.22. The Morgan fingerprint density at radius 2 is 2.14 bits per heavy atom. The van der Waals surface area contributed by atoms with Crippen LogP contribution >= 0.6 is 0 Å². The number of ether oxygens (including phenoxy) is 1. The Bertz CT molecular complexity index is 662. The molecule has 1 aliphatic carbocycles. The highest BCUT2D eigenvalue weighted by atomic mass is 19.1. The van der Waals surface area contributed by atoms with E-state index in [1.54, 1.807) is 10.7 Å². The second-order valence-corrected chi connectivity index (χ2v) is 5.66. The van der Waals surface area contributed by atoms with E-state index in [-0.39, 0.29) is 5.82 Å². The van der Waals surface area contributed by atoms with Crippen molar-refractivity contribution < 1.29 is 9.13 Å². The quantitative estimate of drug-likeness (QED) is 0.918. The maximum Gasteiger partial charge on any atom is 0.222 e. The molecule has 0 unspecified atom stereocenters. The minimum Gasteiger partial charge on any atom is -0.439 e. The van der Waals surface area contributed by atoms with Gasteiger partial charge in [-0.1, -0.05) is 6.07 Å². The first-order valence-corrected chi connectivity index (χ1v) is 7.24. The van der Waals surface area contributed by atoms with Crippen LogP contribution in [0.15, 0.2) is 18.2 Å². The van der Waals surface area contributed by atoms with Crippen LogP contribution in [0, 0.1) is 19.7 Å². The number of nitrogens with zero attached hydrogens (tertiary/aromatic N) is 2. The zero-order valence-corrected chi connectivity index (χ0v) is 12.6. The summed E-state index contributed by atoms with van der Waals surface area (Å²) in [5, 5.41) is 7.89. The number of aromatic nitrogens is 2. The van der Waals surface area contributed by atoms with E-state index in [9.17, 15) is 4.39 Å². The van der Waals surface area contributed by atoms with Gasteiger partial charge in [-0.3, -0.25) is 0 Å². The van der Waals surface area contributed by atoms with Gasteiger partial charge in [0.1, 0.15) is 11.6 Å². The Morgan fingerprint density at radius 3 is 2.86 bits per heavy atom. The van der Waals surface area contributed by atoms with Gasteiger partial charge in [0.2, 0.25) is 5.88 Å². The maximum absolute atomic E-state index is 13.4. The van der Waals surface area contributed by atoms with E-state index in [0.29, 0.717) is 17.7 Å². The van der Waals surface area contributed by atoms with Crippen molar-refractivity contribution in [3.05, 3.63) is 40.8 Å². The largest absolute Gasteiger partial charge is 0.439 e. The minimum atomic E-state index is -0.299. The smallest absolute Gasteiger partial charge is 0.222 e. The highest BCUT2D eigenvalue weighted by Crippen LogP contribution is 2.30. The lowest BCUT2D eigenvalue weighted by Crippen LogP contribution is -2.16. The van der Waals surface area contributed by atoms with Crippen LogP contribution in [0.1, 0.15) is 29.7 Å². The molecule has 21 heavy (non-hydrogen) atoms. The topological polar surface area (TPSA) is 39.1 Å². The fourth-order valence-electron chi connectivity index (χ4n) is 2.33. The molecular weight excluding hydrogens is 269 g/mol. The molecule has 3 rings (SSSR count). The van der Waals surface area contributed by atoms with Gasteiger partial charge >= 0.3 is 0 Å². The summed E-state index contributed by atoms with van der Waals surface area (Å²) in [6.07, 6.45) is 2.47. The molecule has 2 aromatic rings. The second kappa shape index (κ2) is 5.48. The fraction of sp³-hybridized carbons (Fsp3) is 0.438. The zero-order valence-electron chi connectivity index (χ0n) is 12.6. The summed E-state index contributed by atoms with van der Waals surface area (Å²) in [6, 6.07) is 5.19. The Balaban J connectivity index is 1.87. The first-order valence-electron chi connectivity index (χ1n) is 7.24. The number of hydrogen-bond donors (Lipinski definition) is 1. The highest BCUT2D eigenvalue weighted by molar-refractivity contribution is 5.39. The lowest BCUT2D eigenvalue weighted by molar-refractivity contribution is 0.418. The number of benzene rings is 1. The van der Waals surface area contributed by atoms with E-state index >= 15 is 0 Å². The molecule has 0 amide bonds. The summed E-state index contributed by atoms with van der Waals surface area (Å²) in [5.41, 5.74) is 2.87. The number of rotatable bonds is 5. The average molecular weight is 289 g/mol. The van der Waals surface area contributed by atoms with E-state index in [2.05, 4.69) is 10.4 Å². The Morgan fingerprint density at radius 1 is 1.38 bits per heavy atom. The Kier molecular flexibility index (Phi) is 3.68. The number of halogens is 1. The third kappa shape index (κ3) is 3.08. The molecule has 0 bridgehead atoms. The van der Waals surface area contributed by atoms with Crippen molar-refractivity contribution in [2.24, 2.45) is 7.05 Å². The molecule has 4 nitrogen and oxygen atoms in total. The van der Waals surface area contributed by atoms with E-state index in [1.165, 1.54) is 25.0 Å². The van der Waals surface area contributed by atoms with Crippen molar-refractivity contribution in [2.75, 3.05) is 0 Å². The Hall–Kier alpha value is -1.88. The van der Waals surface area contributed by atoms with Crippen molar-refractivity contribution in [3.8, 4) is 11.6 Å². The molecule has 1 N–H and O–H groups in total. The number of hydrogen-bond acceptors (Lipinski definition) is 3. The summed E-state index contributed by atoms with van der Waals surface area (Å²) in [7, 11) is 1.84. The molecule has 5 heteroatoms. The summed E-state index contributed by atoms with van der Waals surface area (Å²) in [5.74, 6) is 0.909. The molecule has 1 fully saturated rings. The number of aryl methyl sites for hydroxylation is 3. The normalized spacial score (nSPS) is 14.5. The van der Waals surface area contributed by atoms with Crippen LogP contribution in [0.5, 0.6) is 11.6 Å². The van der Waals surface area contributed by atoms with Gasteiger partial charge in [-0.25, -0.2) is 9.07 Å². The van der Waals surface area contributed by atoms with Crippen LogP contribution < -0.4 is 10.1 Å². The second-order valence-electron chi connectivity index (χ2n) is 5.66. The molecule has 0 atom stereocenters. The third-order valence-electron chi connectivity index (χ3n) is 3.79. The molecule has 0 radical (unpaired) electrons. The van der Waals surface area contributed by atoms with Crippen molar-refractivity contribution in [2.45, 2.75) is 39.3 Å². The minimum absolute atomic E-state index is 0.299. The van der Waals surface area contributed by atoms with Crippen molar-refractivity contribution in [1.82, 2.24) is 15.1 Å². The summed E-state index contributed by atoms with van der Waals surface area (Å²) in [6.45, 7) is 4.60. The first kappa shape index (κ1) is 14.1. The van der Waals surface area contributed by atoms with Crippen molar-refractivity contribution in [3.63, 3.8) is 0 Å². The zero-order chi connectivity index (χ0) is 15.0. The van der Waals surface area contributed by atoms with Gasteiger partial charge in [-0.05, 0) is 38.3 Å². The molecule has 1 heterocycles. The number of nitrogens with one attached hydrogen (secondary N) is 1. The van der Waals surface area contributed by atoms with Gasteiger partial charge in [0.05, 0.1) is 11.3 Å². The van der Waals surface area contributed by atoms with Crippen molar-refractivity contribution >= 4 is 0 Å². The molecule has 112 valence electrons. The maximum atomic E-state index is 13.4. The van der Waals surface area contributed by atoms with Gasteiger partial charge in [0.15, 0.2) is 0 Å². The molecule has 1 aliphatic rings. The summed E-state index contributed by atoms with van der Waals surface area (Å²) >= 11 is 0. The van der Waals surface area contributed by atoms with E-state index < -0.39 is 0 Å². The summed E-state index contributed by atoms with van der Waals surface area (Å²) < 4.78 is 21.1. The first-order chi connectivity index (χ1) is 10.0. The van der Waals surface area contributed by atoms with Crippen LogP contribution in [0.25, 0.3) is 0 Å². The van der Waals surface area contributed by atoms with E-state index in [0.717, 1.165) is 23.4 Å². The van der Waals surface area contributed by atoms with E-state index in [4.69, 9.17) is 4.74 Å². The predicted molar refractivity (Wildman–Crippen MR) is 79.0 cm³/mol. The van der Waals surface area contributed by atoms with Crippen LogP contribution in [0.4, 0.5) is 4.39 Å². The monoisotopic (exact) mass is 289 g/mol. The summed E-state index contributed by atoms with van der Waals surface area (Å²) in [4.78, 5) is 0. The molecule has 0 spiro atoms. The van der Waals surface area contributed by atoms with Gasteiger partial charge in [0.25, 0.3) is 0 Å². The molecule has 0 aliphatic heterocycles. The average Bonchev–Trinajstić information content (AvgIpc) is 3.21. The van der Waals surface area contributed by atoms with Crippen LogP contribution in [-0.4, -0.2) is 15.8 Å². The van der Waals surface area contributed by atoms with Gasteiger partial charge in [-0.2, -0.15) is 5.10 Å². The van der Waals surface area contributed by atoms with Gasteiger partial charge in [0, 0.05) is 25.7 Å².